The molecule has 37 heavy (non-hydrogen) atoms. The predicted molar refractivity (Wildman–Crippen MR) is 143 cm³/mol. The van der Waals surface area contributed by atoms with Crippen LogP contribution < -0.4 is 5.69 Å². The van der Waals surface area contributed by atoms with Crippen LogP contribution >= 0.6 is 0 Å². The first-order valence-electron chi connectivity index (χ1n) is 12.9. The molecule has 0 aliphatic carbocycles. The molecule has 0 bridgehead atoms. The number of carbonyl (C=O) groups excluding carboxylic acids is 1. The highest BCUT2D eigenvalue weighted by Crippen LogP contribution is 2.25. The number of fused-ring (bicyclic) bond motifs is 1. The number of likely N-dealkylation sites (tertiary alicyclic amines) is 1. The number of imidazole rings is 1. The number of H-pyrrole nitrogens is 1. The average Bonchev–Trinajstić information content (AvgIpc) is 3.28. The fourth-order valence-electron chi connectivity index (χ4n) is 5.02. The Kier molecular flexibility index (Phi) is 7.65. The van der Waals surface area contributed by atoms with Gasteiger partial charge in [-0.25, -0.2) is 14.6 Å². The van der Waals surface area contributed by atoms with Gasteiger partial charge in [-0.15, -0.1) is 0 Å². The number of carbonyl (C=O) groups is 1. The average molecular weight is 500 g/mol. The number of aromatic nitrogens is 3. The molecule has 1 fully saturated rings. The van der Waals surface area contributed by atoms with Gasteiger partial charge in [0.2, 0.25) is 0 Å². The van der Waals surface area contributed by atoms with Crippen molar-refractivity contribution in [1.82, 2.24) is 24.3 Å². The van der Waals surface area contributed by atoms with Crippen LogP contribution in [-0.4, -0.2) is 56.2 Å². The molecule has 0 radical (unpaired) electrons. The lowest BCUT2D eigenvalue weighted by atomic mass is 10.1. The molecular weight excluding hydrogens is 466 g/mol. The number of nitrogens with zero attached hydrogens (tertiary/aromatic N) is 4. The monoisotopic (exact) mass is 499 g/mol. The van der Waals surface area contributed by atoms with Gasteiger partial charge in [-0.2, -0.15) is 0 Å². The Hall–Kier alpha value is -3.91. The van der Waals surface area contributed by atoms with Crippen LogP contribution in [0.5, 0.6) is 0 Å². The number of ether oxygens (including phenoxy) is 1. The molecule has 1 amide bonds. The lowest BCUT2D eigenvalue weighted by Gasteiger charge is -2.33. The van der Waals surface area contributed by atoms with Crippen LogP contribution in [0.4, 0.5) is 4.79 Å². The molecule has 1 aliphatic rings. The summed E-state index contributed by atoms with van der Waals surface area (Å²) in [5.74, 6) is 0. The predicted octanol–water partition coefficient (Wildman–Crippen LogP) is 4.59. The normalized spacial score (nSPS) is 15.2. The number of aromatic amines is 1. The molecule has 1 saturated heterocycles. The maximum atomic E-state index is 12.9. The van der Waals surface area contributed by atoms with E-state index in [9.17, 15) is 9.59 Å². The first-order valence-corrected chi connectivity index (χ1v) is 12.9. The Morgan fingerprint density at radius 1 is 1.00 bits per heavy atom. The van der Waals surface area contributed by atoms with E-state index in [2.05, 4.69) is 46.1 Å². The van der Waals surface area contributed by atoms with Gasteiger partial charge in [0.05, 0.1) is 5.52 Å². The molecular formula is C29H33N5O3. The molecule has 0 saturated carbocycles. The largest absolute Gasteiger partial charge is 0.448 e. The topological polar surface area (TPSA) is 83.5 Å². The second kappa shape index (κ2) is 11.4. The van der Waals surface area contributed by atoms with Crippen molar-refractivity contribution in [2.24, 2.45) is 0 Å². The summed E-state index contributed by atoms with van der Waals surface area (Å²) in [6.07, 6.45) is 2.77. The minimum atomic E-state index is -0.294. The van der Waals surface area contributed by atoms with E-state index >= 15 is 0 Å². The summed E-state index contributed by atoms with van der Waals surface area (Å²) in [5.41, 5.74) is 3.70. The third-order valence-corrected chi connectivity index (χ3v) is 7.11. The van der Waals surface area contributed by atoms with Crippen molar-refractivity contribution in [3.8, 4) is 0 Å². The van der Waals surface area contributed by atoms with Gasteiger partial charge in [-0.1, -0.05) is 60.7 Å². The molecule has 1 N–H and O–H groups in total. The minimum Gasteiger partial charge on any atom is -0.448 e. The highest BCUT2D eigenvalue weighted by molar-refractivity contribution is 5.70. The van der Waals surface area contributed by atoms with Gasteiger partial charge < -0.3 is 9.64 Å². The summed E-state index contributed by atoms with van der Waals surface area (Å²) in [6, 6.07) is 24.5. The first-order chi connectivity index (χ1) is 18.1. The SMILES string of the molecule is C[C@@H](COC(=O)N1CCC(n2c(=O)[nH]c3ncccc32)CC1)N(Cc1ccccc1)Cc1ccccc1. The molecule has 2 aromatic carbocycles. The van der Waals surface area contributed by atoms with E-state index in [-0.39, 0.29) is 23.9 Å². The van der Waals surface area contributed by atoms with Crippen LogP contribution in [0.3, 0.4) is 0 Å². The summed E-state index contributed by atoms with van der Waals surface area (Å²) in [5, 5.41) is 0. The van der Waals surface area contributed by atoms with E-state index in [1.54, 1.807) is 15.7 Å². The molecule has 0 spiro atoms. The molecule has 3 heterocycles. The zero-order chi connectivity index (χ0) is 25.6. The van der Waals surface area contributed by atoms with E-state index < -0.39 is 0 Å². The molecule has 1 aliphatic heterocycles. The van der Waals surface area contributed by atoms with E-state index in [0.29, 0.717) is 38.2 Å². The third-order valence-electron chi connectivity index (χ3n) is 7.11. The van der Waals surface area contributed by atoms with Crippen LogP contribution in [0.25, 0.3) is 11.2 Å². The number of amides is 1. The van der Waals surface area contributed by atoms with Crippen molar-refractivity contribution in [2.45, 2.75) is 44.9 Å². The standard InChI is InChI=1S/C29H33N5O3/c1-22(33(19-23-9-4-2-5-10-23)20-24-11-6-3-7-12-24)21-37-29(36)32-17-14-25(15-18-32)34-26-13-8-16-30-27(26)31-28(34)35/h2-13,16,22,25H,14-15,17-21H2,1H3,(H,30,31,35)/t22-/m0/s1. The van der Waals surface area contributed by atoms with E-state index in [1.807, 2.05) is 48.5 Å². The molecule has 0 unspecified atom stereocenters. The number of pyridine rings is 1. The fourth-order valence-corrected chi connectivity index (χ4v) is 5.02. The quantitative estimate of drug-likeness (QED) is 0.383. The van der Waals surface area contributed by atoms with E-state index in [4.69, 9.17) is 4.74 Å². The number of hydrogen-bond acceptors (Lipinski definition) is 5. The zero-order valence-corrected chi connectivity index (χ0v) is 21.1. The summed E-state index contributed by atoms with van der Waals surface area (Å²) in [4.78, 5) is 36.6. The number of benzene rings is 2. The number of piperidine rings is 1. The van der Waals surface area contributed by atoms with Gasteiger partial charge in [0.25, 0.3) is 0 Å². The maximum Gasteiger partial charge on any atom is 0.409 e. The summed E-state index contributed by atoms with van der Waals surface area (Å²) in [6.45, 7) is 5.06. The molecule has 2 aromatic heterocycles. The van der Waals surface area contributed by atoms with Crippen LogP contribution in [0.1, 0.15) is 36.9 Å². The van der Waals surface area contributed by atoms with Crippen molar-refractivity contribution >= 4 is 17.3 Å². The van der Waals surface area contributed by atoms with Crippen LogP contribution in [0.2, 0.25) is 0 Å². The number of hydrogen-bond donors (Lipinski definition) is 1. The van der Waals surface area contributed by atoms with Gasteiger partial charge in [-0.3, -0.25) is 14.5 Å². The summed E-state index contributed by atoms with van der Waals surface area (Å²) >= 11 is 0. The highest BCUT2D eigenvalue weighted by Gasteiger charge is 2.27. The molecule has 192 valence electrons. The number of nitrogens with one attached hydrogen (secondary N) is 1. The summed E-state index contributed by atoms with van der Waals surface area (Å²) < 4.78 is 7.56. The molecule has 1 atom stereocenters. The van der Waals surface area contributed by atoms with Crippen molar-refractivity contribution < 1.29 is 9.53 Å². The lowest BCUT2D eigenvalue weighted by molar-refractivity contribution is 0.0567. The van der Waals surface area contributed by atoms with Gasteiger partial charge in [0, 0.05) is 44.5 Å². The van der Waals surface area contributed by atoms with Crippen molar-refractivity contribution in [3.63, 3.8) is 0 Å². The first kappa shape index (κ1) is 24.8. The summed E-state index contributed by atoms with van der Waals surface area (Å²) in [7, 11) is 0. The van der Waals surface area contributed by atoms with Crippen molar-refractivity contribution in [1.29, 1.82) is 0 Å². The number of rotatable bonds is 8. The molecule has 4 aromatic rings. The minimum absolute atomic E-state index is 0.0284. The lowest BCUT2D eigenvalue weighted by Crippen LogP contribution is -2.42. The second-order valence-corrected chi connectivity index (χ2v) is 9.69. The van der Waals surface area contributed by atoms with Gasteiger partial charge >= 0.3 is 11.8 Å². The van der Waals surface area contributed by atoms with Crippen LogP contribution in [0, 0.1) is 0 Å². The van der Waals surface area contributed by atoms with Gasteiger partial charge in [-0.05, 0) is 43.0 Å². The fraction of sp³-hybridized carbons (Fsp3) is 0.345. The van der Waals surface area contributed by atoms with Gasteiger partial charge in [0.1, 0.15) is 6.61 Å². The Bertz CT molecular complexity index is 1320. The Balaban J connectivity index is 1.17. The molecule has 8 nitrogen and oxygen atoms in total. The molecule has 8 heteroatoms. The van der Waals surface area contributed by atoms with E-state index in [0.717, 1.165) is 18.6 Å². The smallest absolute Gasteiger partial charge is 0.409 e. The second-order valence-electron chi connectivity index (χ2n) is 9.69. The van der Waals surface area contributed by atoms with Crippen molar-refractivity contribution in [3.05, 3.63) is 101 Å². The van der Waals surface area contributed by atoms with Gasteiger partial charge in [0.15, 0.2) is 5.65 Å². The Morgan fingerprint density at radius 2 is 1.62 bits per heavy atom. The zero-order valence-electron chi connectivity index (χ0n) is 21.1. The molecule has 5 rings (SSSR count). The maximum absolute atomic E-state index is 12.9. The van der Waals surface area contributed by atoms with E-state index in [1.165, 1.54) is 11.1 Å². The van der Waals surface area contributed by atoms with Crippen LogP contribution in [0.15, 0.2) is 83.8 Å². The Labute approximate surface area is 216 Å². The van der Waals surface area contributed by atoms with Crippen molar-refractivity contribution in [2.75, 3.05) is 19.7 Å². The highest BCUT2D eigenvalue weighted by atomic mass is 16.6. The third kappa shape index (κ3) is 5.91. The van der Waals surface area contributed by atoms with Crippen LogP contribution in [-0.2, 0) is 17.8 Å². The Morgan fingerprint density at radius 3 is 2.24 bits per heavy atom.